The van der Waals surface area contributed by atoms with Crippen molar-refractivity contribution in [3.05, 3.63) is 58.9 Å². The third kappa shape index (κ3) is 4.20. The molecule has 1 atom stereocenters. The predicted octanol–water partition coefficient (Wildman–Crippen LogP) is 4.19. The molecule has 5 heteroatoms. The summed E-state index contributed by atoms with van der Waals surface area (Å²) in [5, 5.41) is 2.81. The Hall–Kier alpha value is -2.07. The van der Waals surface area contributed by atoms with Crippen molar-refractivity contribution in [2.75, 3.05) is 5.32 Å². The minimum Gasteiger partial charge on any atom is -0.481 e. The molecule has 0 radical (unpaired) electrons. The van der Waals surface area contributed by atoms with Crippen molar-refractivity contribution in [1.29, 1.82) is 0 Å². The fourth-order valence-corrected chi connectivity index (χ4v) is 1.95. The van der Waals surface area contributed by atoms with Gasteiger partial charge in [-0.3, -0.25) is 4.79 Å². The topological polar surface area (TPSA) is 38.3 Å². The van der Waals surface area contributed by atoms with E-state index < -0.39 is 17.8 Å². The van der Waals surface area contributed by atoms with Crippen molar-refractivity contribution in [1.82, 2.24) is 0 Å². The maximum Gasteiger partial charge on any atom is 0.265 e. The summed E-state index contributed by atoms with van der Waals surface area (Å²) in [5.74, 6) is -0.405. The summed E-state index contributed by atoms with van der Waals surface area (Å²) >= 11 is 5.78. The Balaban J connectivity index is 2.04. The quantitative estimate of drug-likeness (QED) is 0.919. The van der Waals surface area contributed by atoms with E-state index in [4.69, 9.17) is 16.3 Å². The predicted molar refractivity (Wildman–Crippen MR) is 81.3 cm³/mol. The summed E-state index contributed by atoms with van der Waals surface area (Å²) in [6.07, 6.45) is -0.759. The molecule has 2 rings (SSSR count). The first-order valence-corrected chi connectivity index (χ1v) is 6.83. The minimum absolute atomic E-state index is 0.0344. The molecule has 2 aromatic rings. The molecule has 0 spiro atoms. The van der Waals surface area contributed by atoms with Gasteiger partial charge in [-0.15, -0.1) is 0 Å². The Morgan fingerprint density at radius 1 is 1.29 bits per heavy atom. The van der Waals surface area contributed by atoms with E-state index in [0.717, 1.165) is 5.56 Å². The molecule has 1 N–H and O–H groups in total. The van der Waals surface area contributed by atoms with E-state index in [2.05, 4.69) is 5.32 Å². The third-order valence-electron chi connectivity index (χ3n) is 2.86. The Kier molecular flexibility index (Phi) is 4.81. The van der Waals surface area contributed by atoms with Gasteiger partial charge in [-0.05, 0) is 49.7 Å². The molecular formula is C16H15ClFNO2. The molecule has 0 aliphatic rings. The van der Waals surface area contributed by atoms with Gasteiger partial charge in [0.05, 0.1) is 5.69 Å². The van der Waals surface area contributed by atoms with Gasteiger partial charge in [0.2, 0.25) is 0 Å². The molecule has 1 amide bonds. The molecule has 110 valence electrons. The van der Waals surface area contributed by atoms with Crippen LogP contribution in [-0.2, 0) is 4.79 Å². The van der Waals surface area contributed by atoms with Crippen LogP contribution in [0.4, 0.5) is 10.1 Å². The van der Waals surface area contributed by atoms with Crippen LogP contribution in [0, 0.1) is 12.7 Å². The van der Waals surface area contributed by atoms with E-state index in [0.29, 0.717) is 10.8 Å². The fourth-order valence-electron chi connectivity index (χ4n) is 1.77. The number of aryl methyl sites for hydroxylation is 1. The number of amides is 1. The normalized spacial score (nSPS) is 11.8. The molecule has 0 saturated heterocycles. The maximum atomic E-state index is 13.6. The summed E-state index contributed by atoms with van der Waals surface area (Å²) in [5.41, 5.74) is 1.06. The molecule has 0 bridgehead atoms. The van der Waals surface area contributed by atoms with Gasteiger partial charge in [0.1, 0.15) is 11.6 Å². The highest BCUT2D eigenvalue weighted by atomic mass is 35.5. The lowest BCUT2D eigenvalue weighted by molar-refractivity contribution is -0.122. The van der Waals surface area contributed by atoms with Crippen molar-refractivity contribution >= 4 is 23.2 Å². The summed E-state index contributed by atoms with van der Waals surface area (Å²) in [6.45, 7) is 3.53. The second kappa shape index (κ2) is 6.59. The number of rotatable bonds is 4. The Morgan fingerprint density at radius 3 is 2.76 bits per heavy atom. The van der Waals surface area contributed by atoms with Crippen LogP contribution < -0.4 is 10.1 Å². The third-order valence-corrected chi connectivity index (χ3v) is 3.09. The van der Waals surface area contributed by atoms with Crippen LogP contribution in [0.25, 0.3) is 0 Å². The second-order valence-electron chi connectivity index (χ2n) is 4.69. The molecule has 21 heavy (non-hydrogen) atoms. The van der Waals surface area contributed by atoms with E-state index in [-0.39, 0.29) is 5.69 Å². The van der Waals surface area contributed by atoms with E-state index in [1.807, 2.05) is 25.1 Å². The monoisotopic (exact) mass is 307 g/mol. The van der Waals surface area contributed by atoms with Crippen molar-refractivity contribution in [3.8, 4) is 5.75 Å². The average molecular weight is 308 g/mol. The van der Waals surface area contributed by atoms with Gasteiger partial charge in [0.15, 0.2) is 6.10 Å². The zero-order chi connectivity index (χ0) is 15.4. The molecule has 0 unspecified atom stereocenters. The SMILES string of the molecule is Cc1cccc(O[C@@H](C)C(=O)Nc2cc(Cl)ccc2F)c1. The first kappa shape index (κ1) is 15.3. The number of halogens is 2. The fraction of sp³-hybridized carbons (Fsp3) is 0.188. The zero-order valence-electron chi connectivity index (χ0n) is 11.7. The maximum absolute atomic E-state index is 13.6. The molecule has 0 heterocycles. The van der Waals surface area contributed by atoms with Crippen molar-refractivity contribution in [3.63, 3.8) is 0 Å². The van der Waals surface area contributed by atoms with E-state index in [1.54, 1.807) is 13.0 Å². The number of benzene rings is 2. The molecule has 3 nitrogen and oxygen atoms in total. The lowest BCUT2D eigenvalue weighted by atomic mass is 10.2. The minimum atomic E-state index is -0.759. The van der Waals surface area contributed by atoms with Crippen LogP contribution in [-0.4, -0.2) is 12.0 Å². The van der Waals surface area contributed by atoms with Gasteiger partial charge < -0.3 is 10.1 Å². The highest BCUT2D eigenvalue weighted by molar-refractivity contribution is 6.30. The number of carbonyl (C=O) groups excluding carboxylic acids is 1. The highest BCUT2D eigenvalue weighted by Crippen LogP contribution is 2.20. The highest BCUT2D eigenvalue weighted by Gasteiger charge is 2.16. The Morgan fingerprint density at radius 2 is 2.05 bits per heavy atom. The molecule has 0 aliphatic carbocycles. The van der Waals surface area contributed by atoms with Gasteiger partial charge >= 0.3 is 0 Å². The van der Waals surface area contributed by atoms with Crippen molar-refractivity contribution < 1.29 is 13.9 Å². The summed E-state index contributed by atoms with van der Waals surface area (Å²) in [6, 6.07) is 11.3. The molecule has 0 fully saturated rings. The molecular weight excluding hydrogens is 293 g/mol. The Bertz CT molecular complexity index is 660. The van der Waals surface area contributed by atoms with E-state index in [1.165, 1.54) is 18.2 Å². The lowest BCUT2D eigenvalue weighted by Gasteiger charge is -2.15. The summed E-state index contributed by atoms with van der Waals surface area (Å²) < 4.78 is 19.1. The molecule has 0 aromatic heterocycles. The number of hydrogen-bond acceptors (Lipinski definition) is 2. The first-order valence-electron chi connectivity index (χ1n) is 6.45. The van der Waals surface area contributed by atoms with Gasteiger partial charge in [0.25, 0.3) is 5.91 Å². The number of anilines is 1. The molecule has 0 saturated carbocycles. The van der Waals surface area contributed by atoms with Gasteiger partial charge in [0, 0.05) is 5.02 Å². The average Bonchev–Trinajstić information content (AvgIpc) is 2.43. The standard InChI is InChI=1S/C16H15ClFNO2/c1-10-4-3-5-13(8-10)21-11(2)16(20)19-15-9-12(17)6-7-14(15)18/h3-9,11H,1-2H3,(H,19,20)/t11-/m0/s1. The number of ether oxygens (including phenoxy) is 1. The van der Waals surface area contributed by atoms with E-state index in [9.17, 15) is 9.18 Å². The summed E-state index contributed by atoms with van der Waals surface area (Å²) in [7, 11) is 0. The van der Waals surface area contributed by atoms with Crippen LogP contribution >= 0.6 is 11.6 Å². The molecule has 0 aliphatic heterocycles. The van der Waals surface area contributed by atoms with Crippen LogP contribution in [0.5, 0.6) is 5.75 Å². The van der Waals surface area contributed by atoms with Crippen molar-refractivity contribution in [2.24, 2.45) is 0 Å². The van der Waals surface area contributed by atoms with Crippen LogP contribution in [0.2, 0.25) is 5.02 Å². The van der Waals surface area contributed by atoms with Gasteiger partial charge in [-0.2, -0.15) is 0 Å². The molecule has 2 aromatic carbocycles. The number of hydrogen-bond donors (Lipinski definition) is 1. The smallest absolute Gasteiger partial charge is 0.265 e. The van der Waals surface area contributed by atoms with Crippen LogP contribution in [0.15, 0.2) is 42.5 Å². The van der Waals surface area contributed by atoms with Crippen molar-refractivity contribution in [2.45, 2.75) is 20.0 Å². The second-order valence-corrected chi connectivity index (χ2v) is 5.13. The van der Waals surface area contributed by atoms with Gasteiger partial charge in [-0.25, -0.2) is 4.39 Å². The Labute approximate surface area is 127 Å². The van der Waals surface area contributed by atoms with E-state index >= 15 is 0 Å². The van der Waals surface area contributed by atoms with Gasteiger partial charge in [-0.1, -0.05) is 23.7 Å². The number of nitrogens with one attached hydrogen (secondary N) is 1. The first-order chi connectivity index (χ1) is 9.95. The zero-order valence-corrected chi connectivity index (χ0v) is 12.4. The van der Waals surface area contributed by atoms with Crippen LogP contribution in [0.3, 0.4) is 0 Å². The largest absolute Gasteiger partial charge is 0.481 e. The lowest BCUT2D eigenvalue weighted by Crippen LogP contribution is -2.30. The number of carbonyl (C=O) groups is 1. The van der Waals surface area contributed by atoms with Crippen LogP contribution in [0.1, 0.15) is 12.5 Å². The summed E-state index contributed by atoms with van der Waals surface area (Å²) in [4.78, 5) is 12.0.